The number of ether oxygens (including phenoxy) is 1. The number of piperazine rings is 1. The molecule has 1 heterocycles. The van der Waals surface area contributed by atoms with Crippen LogP contribution < -0.4 is 0 Å². The summed E-state index contributed by atoms with van der Waals surface area (Å²) >= 11 is 3.46. The predicted molar refractivity (Wildman–Crippen MR) is 95.0 cm³/mol. The van der Waals surface area contributed by atoms with Gasteiger partial charge < -0.3 is 14.5 Å². The van der Waals surface area contributed by atoms with E-state index in [1.165, 1.54) is 0 Å². The second-order valence-electron chi connectivity index (χ2n) is 7.56. The molecule has 0 radical (unpaired) electrons. The van der Waals surface area contributed by atoms with Crippen molar-refractivity contribution in [2.45, 2.75) is 44.8 Å². The van der Waals surface area contributed by atoms with Crippen LogP contribution in [0.15, 0.2) is 28.7 Å². The third-order valence-electron chi connectivity index (χ3n) is 4.48. The van der Waals surface area contributed by atoms with Crippen molar-refractivity contribution in [3.63, 3.8) is 0 Å². The van der Waals surface area contributed by atoms with Crippen LogP contribution in [0.2, 0.25) is 0 Å². The van der Waals surface area contributed by atoms with Crippen LogP contribution in [0.25, 0.3) is 0 Å². The van der Waals surface area contributed by atoms with E-state index in [-0.39, 0.29) is 17.5 Å². The van der Waals surface area contributed by atoms with Crippen molar-refractivity contribution in [2.75, 3.05) is 19.6 Å². The highest BCUT2D eigenvalue weighted by Gasteiger charge is 2.54. The van der Waals surface area contributed by atoms with E-state index in [0.717, 1.165) is 17.3 Å². The smallest absolute Gasteiger partial charge is 0.410 e. The van der Waals surface area contributed by atoms with E-state index in [1.54, 1.807) is 4.90 Å². The molecule has 2 fully saturated rings. The molecule has 6 heteroatoms. The molecule has 1 aliphatic heterocycles. The zero-order valence-electron chi connectivity index (χ0n) is 14.3. The van der Waals surface area contributed by atoms with Gasteiger partial charge in [0.2, 0.25) is 0 Å². The molecular weight excluding hydrogens is 372 g/mol. The lowest BCUT2D eigenvalue weighted by molar-refractivity contribution is 0.000613. The molecule has 0 N–H and O–H groups in total. The third kappa shape index (κ3) is 3.43. The van der Waals surface area contributed by atoms with Gasteiger partial charge in [-0.2, -0.15) is 0 Å². The Hall–Kier alpha value is -1.56. The number of carbonyl (C=O) groups is 2. The fourth-order valence-electron chi connectivity index (χ4n) is 3.13. The lowest BCUT2D eigenvalue weighted by Gasteiger charge is -2.42. The molecule has 3 rings (SSSR count). The number of hydrogen-bond acceptors (Lipinski definition) is 3. The summed E-state index contributed by atoms with van der Waals surface area (Å²) in [5, 5.41) is 0. The maximum absolute atomic E-state index is 12.9. The van der Waals surface area contributed by atoms with Gasteiger partial charge in [0.05, 0.1) is 11.1 Å². The summed E-state index contributed by atoms with van der Waals surface area (Å²) in [7, 11) is 0. The molecule has 2 amide bonds. The molecule has 0 atom stereocenters. The standard InChI is InChI=1S/C18H23BrN2O3/c1-17(2,3)24-16(23)20-10-11-21(18(12-20)8-9-18)15(22)13-6-4-5-7-14(13)19/h4-7H,8-12H2,1-3H3. The Morgan fingerprint density at radius 3 is 2.42 bits per heavy atom. The van der Waals surface area contributed by atoms with E-state index in [4.69, 9.17) is 4.74 Å². The van der Waals surface area contributed by atoms with Gasteiger partial charge in [0.25, 0.3) is 5.91 Å². The van der Waals surface area contributed by atoms with E-state index in [0.29, 0.717) is 25.2 Å². The van der Waals surface area contributed by atoms with Crippen LogP contribution >= 0.6 is 15.9 Å². The van der Waals surface area contributed by atoms with Crippen molar-refractivity contribution >= 4 is 27.9 Å². The molecule has 5 nitrogen and oxygen atoms in total. The van der Waals surface area contributed by atoms with Crippen molar-refractivity contribution in [3.8, 4) is 0 Å². The van der Waals surface area contributed by atoms with Gasteiger partial charge in [-0.25, -0.2) is 4.79 Å². The molecule has 2 aliphatic rings. The lowest BCUT2D eigenvalue weighted by Crippen LogP contribution is -2.58. The molecule has 0 unspecified atom stereocenters. The van der Waals surface area contributed by atoms with Crippen molar-refractivity contribution in [1.82, 2.24) is 9.80 Å². The van der Waals surface area contributed by atoms with Crippen molar-refractivity contribution in [3.05, 3.63) is 34.3 Å². The highest BCUT2D eigenvalue weighted by molar-refractivity contribution is 9.10. The molecule has 1 spiro atoms. The number of rotatable bonds is 1. The Morgan fingerprint density at radius 2 is 1.83 bits per heavy atom. The largest absolute Gasteiger partial charge is 0.444 e. The maximum Gasteiger partial charge on any atom is 0.410 e. The van der Waals surface area contributed by atoms with Gasteiger partial charge in [-0.15, -0.1) is 0 Å². The van der Waals surface area contributed by atoms with Crippen LogP contribution in [-0.4, -0.2) is 52.6 Å². The number of carbonyl (C=O) groups excluding carboxylic acids is 2. The molecule has 0 bridgehead atoms. The summed E-state index contributed by atoms with van der Waals surface area (Å²) in [6.07, 6.45) is 1.58. The molecule has 1 aromatic rings. The van der Waals surface area contributed by atoms with Crippen molar-refractivity contribution < 1.29 is 14.3 Å². The normalized spacial score (nSPS) is 19.3. The quantitative estimate of drug-likeness (QED) is 0.729. The maximum atomic E-state index is 12.9. The molecule has 1 aromatic carbocycles. The van der Waals surface area contributed by atoms with Gasteiger partial charge in [0.1, 0.15) is 5.60 Å². The molecule has 1 saturated carbocycles. The SMILES string of the molecule is CC(C)(C)OC(=O)N1CCN(C(=O)c2ccccc2Br)C2(CC2)C1. The van der Waals surface area contributed by atoms with Crippen LogP contribution in [0.1, 0.15) is 44.0 Å². The molecule has 0 aromatic heterocycles. The van der Waals surface area contributed by atoms with Gasteiger partial charge in [0.15, 0.2) is 0 Å². The number of amides is 2. The Kier molecular flexibility index (Phi) is 4.36. The summed E-state index contributed by atoms with van der Waals surface area (Å²) in [6, 6.07) is 7.48. The first-order chi connectivity index (χ1) is 11.2. The second-order valence-corrected chi connectivity index (χ2v) is 8.42. The van der Waals surface area contributed by atoms with Crippen LogP contribution in [-0.2, 0) is 4.74 Å². The van der Waals surface area contributed by atoms with E-state index in [1.807, 2.05) is 49.9 Å². The zero-order chi connectivity index (χ0) is 17.5. The van der Waals surface area contributed by atoms with E-state index < -0.39 is 5.60 Å². The third-order valence-corrected chi connectivity index (χ3v) is 5.17. The zero-order valence-corrected chi connectivity index (χ0v) is 15.9. The minimum absolute atomic E-state index is 0.0313. The first kappa shape index (κ1) is 17.3. The molecule has 1 saturated heterocycles. The summed E-state index contributed by atoms with van der Waals surface area (Å²) in [5.41, 5.74) is -0.0496. The van der Waals surface area contributed by atoms with Crippen LogP contribution in [0.5, 0.6) is 0 Å². The summed E-state index contributed by atoms with van der Waals surface area (Å²) in [5.74, 6) is 0.0313. The van der Waals surface area contributed by atoms with Gasteiger partial charge in [0, 0.05) is 24.1 Å². The topological polar surface area (TPSA) is 49.9 Å². The molecule has 1 aliphatic carbocycles. The highest BCUT2D eigenvalue weighted by atomic mass is 79.9. The number of hydrogen-bond donors (Lipinski definition) is 0. The lowest BCUT2D eigenvalue weighted by atomic mass is 10.1. The minimum atomic E-state index is -0.504. The second kappa shape index (κ2) is 6.06. The first-order valence-electron chi connectivity index (χ1n) is 8.26. The van der Waals surface area contributed by atoms with Crippen molar-refractivity contribution in [2.24, 2.45) is 0 Å². The van der Waals surface area contributed by atoms with E-state index in [9.17, 15) is 9.59 Å². The molecule has 24 heavy (non-hydrogen) atoms. The fraction of sp³-hybridized carbons (Fsp3) is 0.556. The predicted octanol–water partition coefficient (Wildman–Crippen LogP) is 3.67. The first-order valence-corrected chi connectivity index (χ1v) is 9.06. The minimum Gasteiger partial charge on any atom is -0.444 e. The van der Waals surface area contributed by atoms with Gasteiger partial charge in [-0.05, 0) is 61.7 Å². The molecule has 130 valence electrons. The van der Waals surface area contributed by atoms with Gasteiger partial charge >= 0.3 is 6.09 Å². The number of halogens is 1. The average Bonchev–Trinajstić information content (AvgIpc) is 3.25. The fourth-order valence-corrected chi connectivity index (χ4v) is 3.58. The van der Waals surface area contributed by atoms with E-state index in [2.05, 4.69) is 15.9 Å². The summed E-state index contributed by atoms with van der Waals surface area (Å²) < 4.78 is 6.28. The molecular formula is C18H23BrN2O3. The van der Waals surface area contributed by atoms with Crippen LogP contribution in [0, 0.1) is 0 Å². The summed E-state index contributed by atoms with van der Waals surface area (Å²) in [6.45, 7) is 7.20. The Balaban J connectivity index is 1.73. The highest BCUT2D eigenvalue weighted by Crippen LogP contribution is 2.45. The Morgan fingerprint density at radius 1 is 1.17 bits per heavy atom. The summed E-state index contributed by atoms with van der Waals surface area (Å²) in [4.78, 5) is 28.9. The monoisotopic (exact) mass is 394 g/mol. The van der Waals surface area contributed by atoms with E-state index >= 15 is 0 Å². The average molecular weight is 395 g/mol. The number of benzene rings is 1. The van der Waals surface area contributed by atoms with Crippen LogP contribution in [0.3, 0.4) is 0 Å². The number of nitrogens with zero attached hydrogens (tertiary/aromatic N) is 2. The van der Waals surface area contributed by atoms with Gasteiger partial charge in [-0.3, -0.25) is 4.79 Å². The van der Waals surface area contributed by atoms with Gasteiger partial charge in [-0.1, -0.05) is 12.1 Å². The Bertz CT molecular complexity index is 664. The Labute approximate surface area is 151 Å². The van der Waals surface area contributed by atoms with Crippen molar-refractivity contribution in [1.29, 1.82) is 0 Å². The van der Waals surface area contributed by atoms with Crippen LogP contribution in [0.4, 0.5) is 4.79 Å².